The Bertz CT molecular complexity index is 499. The van der Waals surface area contributed by atoms with Crippen molar-refractivity contribution in [2.24, 2.45) is 5.84 Å². The smallest absolute Gasteiger partial charge is 0.282 e. The molecule has 0 aliphatic heterocycles. The highest BCUT2D eigenvalue weighted by atomic mass is 32.2. The normalized spacial score (nSPS) is 10.4. The molecule has 2 heterocycles. The fourth-order valence-corrected chi connectivity index (χ4v) is 1.71. The molecule has 2 aromatic rings. The van der Waals surface area contributed by atoms with E-state index in [-0.39, 0.29) is 5.95 Å². The predicted octanol–water partition coefficient (Wildman–Crippen LogP) is 0.187. The van der Waals surface area contributed by atoms with Gasteiger partial charge in [-0.2, -0.15) is 4.98 Å². The van der Waals surface area contributed by atoms with Gasteiger partial charge in [0.2, 0.25) is 11.8 Å². The molecule has 8 nitrogen and oxygen atoms in total. The summed E-state index contributed by atoms with van der Waals surface area (Å²) in [4.78, 5) is 7.84. The zero-order valence-corrected chi connectivity index (χ0v) is 9.15. The lowest BCUT2D eigenvalue weighted by Gasteiger charge is -2.02. The van der Waals surface area contributed by atoms with E-state index in [4.69, 9.17) is 16.0 Å². The highest BCUT2D eigenvalue weighted by Crippen LogP contribution is 2.26. The molecule has 2 aromatic heterocycles. The molecule has 0 aliphatic rings. The van der Waals surface area contributed by atoms with Gasteiger partial charge >= 0.3 is 0 Å². The Morgan fingerprint density at radius 2 is 2.19 bits per heavy atom. The minimum Gasteiger partial charge on any atom is -0.416 e. The van der Waals surface area contributed by atoms with Gasteiger partial charge in [-0.3, -0.25) is 0 Å². The van der Waals surface area contributed by atoms with Gasteiger partial charge in [0.15, 0.2) is 0 Å². The van der Waals surface area contributed by atoms with Gasteiger partial charge in [0.05, 0.1) is 0 Å². The molecule has 0 bridgehead atoms. The molecule has 0 fully saturated rings. The number of aryl methyl sites for hydroxylation is 1. The summed E-state index contributed by atoms with van der Waals surface area (Å²) in [5, 5.41) is 8.48. The second-order valence-electron chi connectivity index (χ2n) is 2.78. The molecule has 0 radical (unpaired) electrons. The largest absolute Gasteiger partial charge is 0.416 e. The third-order valence-electron chi connectivity index (χ3n) is 1.57. The Morgan fingerprint density at radius 1 is 1.38 bits per heavy atom. The Labute approximate surface area is 94.8 Å². The van der Waals surface area contributed by atoms with Crippen LogP contribution in [0.25, 0.3) is 0 Å². The van der Waals surface area contributed by atoms with Crippen molar-refractivity contribution in [3.05, 3.63) is 12.0 Å². The van der Waals surface area contributed by atoms with Gasteiger partial charge in [-0.05, 0) is 11.8 Å². The van der Waals surface area contributed by atoms with E-state index in [1.165, 1.54) is 11.8 Å². The van der Waals surface area contributed by atoms with Gasteiger partial charge in [-0.25, -0.2) is 10.8 Å². The average Bonchev–Trinajstić information content (AvgIpc) is 2.63. The van der Waals surface area contributed by atoms with Gasteiger partial charge in [-0.15, -0.1) is 10.2 Å². The SMILES string of the molecule is Cc1nnc(Sc2cc(NN)nc(N)n2)o1. The second kappa shape index (κ2) is 4.33. The van der Waals surface area contributed by atoms with E-state index < -0.39 is 0 Å². The van der Waals surface area contributed by atoms with Crippen LogP contribution < -0.4 is 17.0 Å². The predicted molar refractivity (Wildman–Crippen MR) is 57.4 cm³/mol. The lowest BCUT2D eigenvalue weighted by Crippen LogP contribution is -2.10. The van der Waals surface area contributed by atoms with Crippen molar-refractivity contribution in [2.45, 2.75) is 17.2 Å². The van der Waals surface area contributed by atoms with Crippen LogP contribution in [0, 0.1) is 6.92 Å². The first kappa shape index (κ1) is 10.6. The van der Waals surface area contributed by atoms with Crippen molar-refractivity contribution in [1.29, 1.82) is 0 Å². The van der Waals surface area contributed by atoms with Crippen LogP contribution in [-0.4, -0.2) is 20.2 Å². The molecule has 5 N–H and O–H groups in total. The summed E-state index contributed by atoms with van der Waals surface area (Å²) in [6.07, 6.45) is 0. The maximum atomic E-state index is 5.50. The Hall–Kier alpha value is -1.87. The molecule has 0 saturated heterocycles. The standard InChI is InChI=1S/C7H9N7OS/c1-3-13-14-7(15-3)16-5-2-4(12-9)10-6(8)11-5/h2H,9H2,1H3,(H3,8,10,11,12). The summed E-state index contributed by atoms with van der Waals surface area (Å²) in [6.45, 7) is 1.71. The Kier molecular flexibility index (Phi) is 2.88. The van der Waals surface area contributed by atoms with Crippen LogP contribution >= 0.6 is 11.8 Å². The monoisotopic (exact) mass is 239 g/mol. The van der Waals surface area contributed by atoms with Crippen LogP contribution in [-0.2, 0) is 0 Å². The number of nitrogen functional groups attached to an aromatic ring is 2. The first-order valence-electron chi connectivity index (χ1n) is 4.26. The summed E-state index contributed by atoms with van der Waals surface area (Å²) in [5.74, 6) is 6.26. The van der Waals surface area contributed by atoms with E-state index in [2.05, 4.69) is 25.6 Å². The van der Waals surface area contributed by atoms with E-state index in [0.29, 0.717) is 22.0 Å². The first-order chi connectivity index (χ1) is 7.67. The fraction of sp³-hybridized carbons (Fsp3) is 0.143. The average molecular weight is 239 g/mol. The van der Waals surface area contributed by atoms with E-state index in [1.807, 2.05) is 0 Å². The van der Waals surface area contributed by atoms with Crippen molar-refractivity contribution in [1.82, 2.24) is 20.2 Å². The van der Waals surface area contributed by atoms with Gasteiger partial charge in [0, 0.05) is 13.0 Å². The Morgan fingerprint density at radius 3 is 2.81 bits per heavy atom. The van der Waals surface area contributed by atoms with Gasteiger partial charge in [0.1, 0.15) is 10.8 Å². The molecule has 0 aliphatic carbocycles. The molecule has 0 unspecified atom stereocenters. The molecular weight excluding hydrogens is 230 g/mol. The Balaban J connectivity index is 2.24. The third kappa shape index (κ3) is 2.38. The minimum absolute atomic E-state index is 0.120. The molecule has 0 amide bonds. The van der Waals surface area contributed by atoms with Crippen molar-refractivity contribution in [2.75, 3.05) is 11.2 Å². The second-order valence-corrected chi connectivity index (χ2v) is 3.75. The maximum absolute atomic E-state index is 5.50. The maximum Gasteiger partial charge on any atom is 0.282 e. The summed E-state index contributed by atoms with van der Waals surface area (Å²) < 4.78 is 5.19. The molecule has 0 saturated carbocycles. The zero-order chi connectivity index (χ0) is 11.5. The van der Waals surface area contributed by atoms with Gasteiger partial charge < -0.3 is 15.6 Å². The van der Waals surface area contributed by atoms with Crippen LogP contribution in [0.5, 0.6) is 0 Å². The van der Waals surface area contributed by atoms with Gasteiger partial charge in [-0.1, -0.05) is 0 Å². The van der Waals surface area contributed by atoms with Crippen LogP contribution in [0.15, 0.2) is 20.7 Å². The number of nitrogens with two attached hydrogens (primary N) is 2. The number of rotatable bonds is 3. The molecule has 84 valence electrons. The van der Waals surface area contributed by atoms with E-state index >= 15 is 0 Å². The van der Waals surface area contributed by atoms with E-state index in [0.717, 1.165) is 0 Å². The first-order valence-corrected chi connectivity index (χ1v) is 5.08. The number of aromatic nitrogens is 4. The summed E-state index contributed by atoms with van der Waals surface area (Å²) >= 11 is 1.19. The number of hydrazine groups is 1. The molecule has 0 atom stereocenters. The van der Waals surface area contributed by atoms with E-state index in [1.54, 1.807) is 13.0 Å². The lowest BCUT2D eigenvalue weighted by atomic mass is 10.6. The summed E-state index contributed by atoms with van der Waals surface area (Å²) in [6, 6.07) is 1.63. The van der Waals surface area contributed by atoms with Crippen LogP contribution in [0.4, 0.5) is 11.8 Å². The quantitative estimate of drug-likeness (QED) is 0.390. The lowest BCUT2D eigenvalue weighted by molar-refractivity contribution is 0.429. The molecule has 9 heteroatoms. The van der Waals surface area contributed by atoms with E-state index in [9.17, 15) is 0 Å². The number of nitrogens with one attached hydrogen (secondary N) is 1. The minimum atomic E-state index is 0.120. The third-order valence-corrected chi connectivity index (χ3v) is 2.33. The van der Waals surface area contributed by atoms with Crippen molar-refractivity contribution >= 4 is 23.5 Å². The topological polar surface area (TPSA) is 129 Å². The van der Waals surface area contributed by atoms with Crippen molar-refractivity contribution in [3.63, 3.8) is 0 Å². The molecule has 16 heavy (non-hydrogen) atoms. The molecule has 0 aromatic carbocycles. The van der Waals surface area contributed by atoms with Crippen LogP contribution in [0.1, 0.15) is 5.89 Å². The van der Waals surface area contributed by atoms with Crippen molar-refractivity contribution < 1.29 is 4.42 Å². The fourth-order valence-electron chi connectivity index (χ4n) is 0.978. The van der Waals surface area contributed by atoms with Crippen LogP contribution in [0.3, 0.4) is 0 Å². The number of anilines is 2. The summed E-state index contributed by atoms with van der Waals surface area (Å²) in [7, 11) is 0. The van der Waals surface area contributed by atoms with Crippen LogP contribution in [0.2, 0.25) is 0 Å². The summed E-state index contributed by atoms with van der Waals surface area (Å²) in [5.41, 5.74) is 7.88. The molecular formula is C7H9N7OS. The zero-order valence-electron chi connectivity index (χ0n) is 8.34. The number of nitrogens with zero attached hydrogens (tertiary/aromatic N) is 4. The highest BCUT2D eigenvalue weighted by Gasteiger charge is 2.08. The number of hydrogen-bond donors (Lipinski definition) is 3. The van der Waals surface area contributed by atoms with Gasteiger partial charge in [0.25, 0.3) is 5.22 Å². The number of hydrogen-bond acceptors (Lipinski definition) is 9. The molecule has 0 spiro atoms. The van der Waals surface area contributed by atoms with Crippen molar-refractivity contribution in [3.8, 4) is 0 Å². The highest BCUT2D eigenvalue weighted by molar-refractivity contribution is 7.99. The molecule has 2 rings (SSSR count).